The summed E-state index contributed by atoms with van der Waals surface area (Å²) in [6, 6.07) is 21.2. The Morgan fingerprint density at radius 3 is 2.37 bits per heavy atom. The zero-order chi connectivity index (χ0) is 13.2. The molecule has 3 rings (SSSR count). The first-order valence-electron chi connectivity index (χ1n) is 6.42. The summed E-state index contributed by atoms with van der Waals surface area (Å²) in [7, 11) is 1.70. The molecular weight excluding hydrogens is 232 g/mol. The van der Waals surface area contributed by atoms with Crippen LogP contribution in [-0.4, -0.2) is 7.11 Å². The Morgan fingerprint density at radius 2 is 1.58 bits per heavy atom. The van der Waals surface area contributed by atoms with Crippen molar-refractivity contribution in [3.8, 4) is 16.9 Å². The van der Waals surface area contributed by atoms with E-state index in [1.54, 1.807) is 7.11 Å². The molecule has 0 saturated heterocycles. The summed E-state index contributed by atoms with van der Waals surface area (Å²) >= 11 is 0. The van der Waals surface area contributed by atoms with E-state index in [1.165, 1.54) is 27.5 Å². The molecule has 0 amide bonds. The molecule has 0 aliphatic carbocycles. The maximum Gasteiger partial charge on any atom is 0.119 e. The van der Waals surface area contributed by atoms with Gasteiger partial charge in [0.2, 0.25) is 0 Å². The normalized spacial score (nSPS) is 10.6. The molecule has 0 bridgehead atoms. The molecule has 0 radical (unpaired) electrons. The molecule has 1 heteroatoms. The van der Waals surface area contributed by atoms with Crippen LogP contribution in [0.3, 0.4) is 0 Å². The number of methoxy groups -OCH3 is 1. The number of benzene rings is 3. The highest BCUT2D eigenvalue weighted by Crippen LogP contribution is 2.32. The van der Waals surface area contributed by atoms with Crippen molar-refractivity contribution in [1.82, 2.24) is 0 Å². The zero-order valence-electron chi connectivity index (χ0n) is 11.2. The second kappa shape index (κ2) is 4.77. The van der Waals surface area contributed by atoms with Gasteiger partial charge in [-0.15, -0.1) is 0 Å². The predicted octanol–water partition coefficient (Wildman–Crippen LogP) is 4.82. The Balaban J connectivity index is 2.24. The van der Waals surface area contributed by atoms with Gasteiger partial charge >= 0.3 is 0 Å². The Hall–Kier alpha value is -2.28. The highest BCUT2D eigenvalue weighted by atomic mass is 16.5. The second-order valence-corrected chi connectivity index (χ2v) is 4.71. The molecule has 0 spiro atoms. The van der Waals surface area contributed by atoms with Gasteiger partial charge in [0.15, 0.2) is 0 Å². The smallest absolute Gasteiger partial charge is 0.119 e. The maximum absolute atomic E-state index is 5.27. The first kappa shape index (κ1) is 11.8. The van der Waals surface area contributed by atoms with Gasteiger partial charge in [-0.05, 0) is 46.5 Å². The number of fused-ring (bicyclic) bond motifs is 1. The number of hydrogen-bond donors (Lipinski definition) is 0. The summed E-state index contributed by atoms with van der Waals surface area (Å²) in [6.45, 7) is 2.12. The topological polar surface area (TPSA) is 9.23 Å². The molecule has 0 aliphatic heterocycles. The average molecular weight is 248 g/mol. The zero-order valence-corrected chi connectivity index (χ0v) is 11.2. The summed E-state index contributed by atoms with van der Waals surface area (Å²) in [5.41, 5.74) is 3.77. The third-order valence-electron chi connectivity index (χ3n) is 3.51. The Morgan fingerprint density at radius 1 is 0.789 bits per heavy atom. The molecular formula is C18H16O. The summed E-state index contributed by atoms with van der Waals surface area (Å²) in [4.78, 5) is 0. The molecule has 0 heterocycles. The molecule has 0 saturated carbocycles. The van der Waals surface area contributed by atoms with Crippen molar-refractivity contribution in [3.05, 3.63) is 66.2 Å². The number of rotatable bonds is 2. The van der Waals surface area contributed by atoms with Crippen molar-refractivity contribution in [3.63, 3.8) is 0 Å². The van der Waals surface area contributed by atoms with Crippen molar-refractivity contribution in [1.29, 1.82) is 0 Å². The van der Waals surface area contributed by atoms with Gasteiger partial charge in [-0.3, -0.25) is 0 Å². The van der Waals surface area contributed by atoms with Gasteiger partial charge in [-0.1, -0.05) is 48.5 Å². The van der Waals surface area contributed by atoms with Crippen LogP contribution >= 0.6 is 0 Å². The van der Waals surface area contributed by atoms with Crippen LogP contribution in [0.5, 0.6) is 5.75 Å². The molecule has 94 valence electrons. The maximum atomic E-state index is 5.27. The van der Waals surface area contributed by atoms with E-state index in [9.17, 15) is 0 Å². The van der Waals surface area contributed by atoms with E-state index in [1.807, 2.05) is 6.07 Å². The van der Waals surface area contributed by atoms with Crippen molar-refractivity contribution in [2.45, 2.75) is 6.92 Å². The lowest BCUT2D eigenvalue weighted by Crippen LogP contribution is -1.88. The lowest BCUT2D eigenvalue weighted by atomic mass is 9.95. The molecule has 0 unspecified atom stereocenters. The Labute approximate surface area is 113 Å². The minimum absolute atomic E-state index is 0.904. The molecule has 19 heavy (non-hydrogen) atoms. The van der Waals surface area contributed by atoms with Crippen molar-refractivity contribution in [2.75, 3.05) is 7.11 Å². The van der Waals surface area contributed by atoms with Crippen LogP contribution in [0, 0.1) is 6.92 Å². The summed E-state index contributed by atoms with van der Waals surface area (Å²) < 4.78 is 5.27. The summed E-state index contributed by atoms with van der Waals surface area (Å²) in [5.74, 6) is 0.904. The third-order valence-corrected chi connectivity index (χ3v) is 3.51. The van der Waals surface area contributed by atoms with Crippen molar-refractivity contribution in [2.24, 2.45) is 0 Å². The van der Waals surface area contributed by atoms with Crippen LogP contribution in [-0.2, 0) is 0 Å². The van der Waals surface area contributed by atoms with Gasteiger partial charge in [-0.2, -0.15) is 0 Å². The second-order valence-electron chi connectivity index (χ2n) is 4.71. The SMILES string of the molecule is COc1ccc(-c2cccc3ccccc23)c(C)c1. The molecule has 3 aromatic rings. The standard InChI is InChI=1S/C18H16O/c1-13-12-15(19-2)10-11-16(13)18-9-5-7-14-6-3-4-8-17(14)18/h3-12H,1-2H3. The summed E-state index contributed by atoms with van der Waals surface area (Å²) in [5, 5.41) is 2.56. The molecule has 0 atom stereocenters. The van der Waals surface area contributed by atoms with Crippen molar-refractivity contribution >= 4 is 10.8 Å². The van der Waals surface area contributed by atoms with Crippen LogP contribution < -0.4 is 4.74 Å². The minimum atomic E-state index is 0.904. The van der Waals surface area contributed by atoms with E-state index < -0.39 is 0 Å². The fourth-order valence-corrected chi connectivity index (χ4v) is 2.53. The first-order valence-corrected chi connectivity index (χ1v) is 6.42. The molecule has 3 aromatic carbocycles. The van der Waals surface area contributed by atoms with E-state index in [-0.39, 0.29) is 0 Å². The lowest BCUT2D eigenvalue weighted by Gasteiger charge is -2.11. The van der Waals surface area contributed by atoms with E-state index in [0.717, 1.165) is 5.75 Å². The Kier molecular flexibility index (Phi) is 2.96. The van der Waals surface area contributed by atoms with Crippen LogP contribution in [0.2, 0.25) is 0 Å². The highest BCUT2D eigenvalue weighted by molar-refractivity contribution is 5.97. The van der Waals surface area contributed by atoms with E-state index in [2.05, 4.69) is 61.5 Å². The number of aryl methyl sites for hydroxylation is 1. The fourth-order valence-electron chi connectivity index (χ4n) is 2.53. The quantitative estimate of drug-likeness (QED) is 0.631. The number of hydrogen-bond acceptors (Lipinski definition) is 1. The molecule has 0 N–H and O–H groups in total. The van der Waals surface area contributed by atoms with Crippen LogP contribution in [0.1, 0.15) is 5.56 Å². The fraction of sp³-hybridized carbons (Fsp3) is 0.111. The number of ether oxygens (including phenoxy) is 1. The van der Waals surface area contributed by atoms with Crippen molar-refractivity contribution < 1.29 is 4.74 Å². The highest BCUT2D eigenvalue weighted by Gasteiger charge is 2.06. The van der Waals surface area contributed by atoms with Gasteiger partial charge in [0, 0.05) is 0 Å². The molecule has 0 fully saturated rings. The van der Waals surface area contributed by atoms with E-state index >= 15 is 0 Å². The van der Waals surface area contributed by atoms with Crippen LogP contribution in [0.25, 0.3) is 21.9 Å². The van der Waals surface area contributed by atoms with Crippen LogP contribution in [0.4, 0.5) is 0 Å². The van der Waals surface area contributed by atoms with Gasteiger partial charge < -0.3 is 4.74 Å². The van der Waals surface area contributed by atoms with Gasteiger partial charge in [-0.25, -0.2) is 0 Å². The third kappa shape index (κ3) is 2.08. The average Bonchev–Trinajstić information content (AvgIpc) is 2.46. The molecule has 0 aliphatic rings. The Bertz CT molecular complexity index is 723. The van der Waals surface area contributed by atoms with Gasteiger partial charge in [0.1, 0.15) is 5.75 Å². The minimum Gasteiger partial charge on any atom is -0.497 e. The monoisotopic (exact) mass is 248 g/mol. The van der Waals surface area contributed by atoms with Gasteiger partial charge in [0.25, 0.3) is 0 Å². The van der Waals surface area contributed by atoms with Gasteiger partial charge in [0.05, 0.1) is 7.11 Å². The first-order chi connectivity index (χ1) is 9.29. The summed E-state index contributed by atoms with van der Waals surface area (Å²) in [6.07, 6.45) is 0. The van der Waals surface area contributed by atoms with E-state index in [4.69, 9.17) is 4.74 Å². The molecule has 1 nitrogen and oxygen atoms in total. The largest absolute Gasteiger partial charge is 0.497 e. The molecule has 0 aromatic heterocycles. The van der Waals surface area contributed by atoms with Crippen LogP contribution in [0.15, 0.2) is 60.7 Å². The predicted molar refractivity (Wildman–Crippen MR) is 80.7 cm³/mol. The van der Waals surface area contributed by atoms with E-state index in [0.29, 0.717) is 0 Å². The lowest BCUT2D eigenvalue weighted by molar-refractivity contribution is 0.414.